The van der Waals surface area contributed by atoms with E-state index in [9.17, 15) is 4.79 Å². The monoisotopic (exact) mass is 459 g/mol. The molecule has 0 aromatic heterocycles. The summed E-state index contributed by atoms with van der Waals surface area (Å²) in [6.45, 7) is 2.00. The zero-order valence-corrected chi connectivity index (χ0v) is 17.0. The lowest BCUT2D eigenvalue weighted by Gasteiger charge is -2.27. The number of carbonyl (C=O) groups excluding carboxylic acids is 1. The van der Waals surface area contributed by atoms with Gasteiger partial charge in [-0.15, -0.1) is 0 Å². The molecule has 1 aromatic rings. The van der Waals surface area contributed by atoms with Crippen LogP contribution in [0.5, 0.6) is 0 Å². The second-order valence-corrected chi connectivity index (χ2v) is 8.44. The van der Waals surface area contributed by atoms with Crippen molar-refractivity contribution in [1.82, 2.24) is 10.6 Å². The minimum atomic E-state index is -1.74. The average molecular weight is 462 g/mol. The molecule has 0 radical (unpaired) electrons. The standard InChI is InChI=1S/C14H17BrCl3N3OS/c1-2-3-4-11(22)20-12(14(16,17)18)21-13(23)19-10-7-5-9(15)6-8-10/h5-8,12H,2-4H2,1H3,(H,20,22)(H2,19,21,23)/t12-/m1/s1. The summed E-state index contributed by atoms with van der Waals surface area (Å²) < 4.78 is -0.794. The molecule has 0 heterocycles. The van der Waals surface area contributed by atoms with Gasteiger partial charge < -0.3 is 16.0 Å². The van der Waals surface area contributed by atoms with Gasteiger partial charge in [-0.05, 0) is 42.9 Å². The lowest BCUT2D eigenvalue weighted by molar-refractivity contribution is -0.122. The van der Waals surface area contributed by atoms with Crippen LogP contribution in [-0.2, 0) is 4.79 Å². The number of amides is 1. The van der Waals surface area contributed by atoms with Gasteiger partial charge >= 0.3 is 0 Å². The van der Waals surface area contributed by atoms with Gasteiger partial charge in [0.1, 0.15) is 6.17 Å². The predicted molar refractivity (Wildman–Crippen MR) is 105 cm³/mol. The molecule has 0 aliphatic carbocycles. The lowest BCUT2D eigenvalue weighted by atomic mass is 10.2. The highest BCUT2D eigenvalue weighted by atomic mass is 79.9. The summed E-state index contributed by atoms with van der Waals surface area (Å²) in [7, 11) is 0. The van der Waals surface area contributed by atoms with Crippen molar-refractivity contribution in [3.05, 3.63) is 28.7 Å². The Kier molecular flexibility index (Phi) is 8.93. The molecule has 4 nitrogen and oxygen atoms in total. The van der Waals surface area contributed by atoms with Gasteiger partial charge in [0.05, 0.1) is 0 Å². The van der Waals surface area contributed by atoms with Gasteiger partial charge in [-0.25, -0.2) is 0 Å². The maximum atomic E-state index is 11.8. The maximum Gasteiger partial charge on any atom is 0.228 e. The van der Waals surface area contributed by atoms with Gasteiger partial charge in [-0.1, -0.05) is 64.1 Å². The summed E-state index contributed by atoms with van der Waals surface area (Å²) in [5.74, 6) is -0.206. The van der Waals surface area contributed by atoms with Crippen LogP contribution in [0, 0.1) is 0 Å². The highest BCUT2D eigenvalue weighted by Gasteiger charge is 2.34. The molecule has 9 heteroatoms. The number of unbranched alkanes of at least 4 members (excludes halogenated alkanes) is 1. The molecule has 0 fully saturated rings. The van der Waals surface area contributed by atoms with Gasteiger partial charge in [0.25, 0.3) is 0 Å². The fraction of sp³-hybridized carbons (Fsp3) is 0.429. The summed E-state index contributed by atoms with van der Waals surface area (Å²) in [6.07, 6.45) is 1.10. The van der Waals surface area contributed by atoms with Crippen LogP contribution < -0.4 is 16.0 Å². The quantitative estimate of drug-likeness (QED) is 0.325. The van der Waals surface area contributed by atoms with Crippen molar-refractivity contribution in [3.8, 4) is 0 Å². The van der Waals surface area contributed by atoms with Crippen molar-refractivity contribution in [3.63, 3.8) is 0 Å². The number of carbonyl (C=O) groups is 1. The first-order valence-electron chi connectivity index (χ1n) is 6.91. The molecule has 0 aliphatic rings. The Balaban J connectivity index is 2.63. The summed E-state index contributed by atoms with van der Waals surface area (Å²) in [5, 5.41) is 8.64. The van der Waals surface area contributed by atoms with E-state index in [1.807, 2.05) is 31.2 Å². The van der Waals surface area contributed by atoms with Crippen LogP contribution in [0.2, 0.25) is 0 Å². The van der Waals surface area contributed by atoms with Crippen LogP contribution in [-0.4, -0.2) is 21.0 Å². The molecule has 0 bridgehead atoms. The summed E-state index contributed by atoms with van der Waals surface area (Å²) >= 11 is 26.3. The van der Waals surface area contributed by atoms with E-state index >= 15 is 0 Å². The molecule has 0 spiro atoms. The Labute approximate surface area is 164 Å². The van der Waals surface area contributed by atoms with Crippen molar-refractivity contribution < 1.29 is 4.79 Å². The lowest BCUT2D eigenvalue weighted by Crippen LogP contribution is -2.56. The van der Waals surface area contributed by atoms with Gasteiger partial charge in [0, 0.05) is 16.6 Å². The van der Waals surface area contributed by atoms with Crippen molar-refractivity contribution in [2.75, 3.05) is 5.32 Å². The fourth-order valence-corrected chi connectivity index (χ4v) is 2.43. The van der Waals surface area contributed by atoms with Crippen LogP contribution in [0.25, 0.3) is 0 Å². The average Bonchev–Trinajstić information content (AvgIpc) is 2.46. The third-order valence-corrected chi connectivity index (χ3v) is 4.17. The number of hydrogen-bond acceptors (Lipinski definition) is 2. The molecule has 23 heavy (non-hydrogen) atoms. The molecule has 1 rings (SSSR count). The van der Waals surface area contributed by atoms with Crippen LogP contribution in [0.1, 0.15) is 26.2 Å². The highest BCUT2D eigenvalue weighted by molar-refractivity contribution is 9.10. The summed E-state index contributed by atoms with van der Waals surface area (Å²) in [6, 6.07) is 7.40. The van der Waals surface area contributed by atoms with Crippen LogP contribution in [0.15, 0.2) is 28.7 Å². The molecule has 0 unspecified atom stereocenters. The zero-order chi connectivity index (χ0) is 17.5. The van der Waals surface area contributed by atoms with E-state index in [0.717, 1.165) is 23.0 Å². The zero-order valence-electron chi connectivity index (χ0n) is 12.3. The smallest absolute Gasteiger partial charge is 0.228 e. The number of nitrogens with one attached hydrogen (secondary N) is 3. The number of alkyl halides is 3. The van der Waals surface area contributed by atoms with E-state index < -0.39 is 9.96 Å². The number of rotatable bonds is 6. The molecule has 1 amide bonds. The number of halogens is 4. The topological polar surface area (TPSA) is 53.2 Å². The third kappa shape index (κ3) is 8.40. The normalized spacial score (nSPS) is 12.4. The van der Waals surface area contributed by atoms with Crippen LogP contribution in [0.3, 0.4) is 0 Å². The summed E-state index contributed by atoms with van der Waals surface area (Å²) in [5.41, 5.74) is 0.770. The van der Waals surface area contributed by atoms with Gasteiger partial charge in [0.2, 0.25) is 9.70 Å². The van der Waals surface area contributed by atoms with Crippen molar-refractivity contribution in [2.45, 2.75) is 36.1 Å². The first-order valence-corrected chi connectivity index (χ1v) is 9.25. The van der Waals surface area contributed by atoms with Crippen molar-refractivity contribution in [1.29, 1.82) is 0 Å². The Morgan fingerprint density at radius 2 is 1.87 bits per heavy atom. The first kappa shape index (κ1) is 20.8. The fourth-order valence-electron chi connectivity index (χ4n) is 1.60. The van der Waals surface area contributed by atoms with E-state index in [-0.39, 0.29) is 11.0 Å². The number of thiocarbonyl (C=S) groups is 1. The maximum absolute atomic E-state index is 11.8. The molecule has 128 valence electrons. The molecule has 0 saturated heterocycles. The number of hydrogen-bond donors (Lipinski definition) is 3. The minimum absolute atomic E-state index is 0.206. The van der Waals surface area contributed by atoms with Gasteiger partial charge in [-0.3, -0.25) is 4.79 Å². The predicted octanol–water partition coefficient (Wildman–Crippen LogP) is 4.74. The van der Waals surface area contributed by atoms with Gasteiger partial charge in [0.15, 0.2) is 5.11 Å². The first-order chi connectivity index (χ1) is 10.7. The molecular weight excluding hydrogens is 445 g/mol. The minimum Gasteiger partial charge on any atom is -0.339 e. The van der Waals surface area contributed by atoms with E-state index in [1.54, 1.807) is 0 Å². The Hall–Kier alpha value is -0.270. The van der Waals surface area contributed by atoms with Crippen molar-refractivity contribution >= 4 is 79.7 Å². The second kappa shape index (κ2) is 9.89. The SMILES string of the molecule is CCCCC(=O)N[C@H](NC(=S)Nc1ccc(Br)cc1)C(Cl)(Cl)Cl. The Morgan fingerprint density at radius 3 is 2.39 bits per heavy atom. The largest absolute Gasteiger partial charge is 0.339 e. The summed E-state index contributed by atoms with van der Waals surface area (Å²) in [4.78, 5) is 11.8. The highest BCUT2D eigenvalue weighted by Crippen LogP contribution is 2.29. The molecule has 0 saturated carbocycles. The Morgan fingerprint density at radius 1 is 1.26 bits per heavy atom. The third-order valence-electron chi connectivity index (χ3n) is 2.77. The van der Waals surface area contributed by atoms with E-state index in [1.165, 1.54) is 0 Å². The van der Waals surface area contributed by atoms with Crippen LogP contribution >= 0.6 is 63.0 Å². The molecule has 1 aromatic carbocycles. The van der Waals surface area contributed by atoms with E-state index in [0.29, 0.717) is 6.42 Å². The van der Waals surface area contributed by atoms with E-state index in [4.69, 9.17) is 47.0 Å². The number of benzene rings is 1. The molecule has 1 atom stereocenters. The van der Waals surface area contributed by atoms with E-state index in [2.05, 4.69) is 31.9 Å². The second-order valence-electron chi connectivity index (χ2n) is 4.75. The molecule has 0 aliphatic heterocycles. The molecular formula is C14H17BrCl3N3OS. The molecule has 3 N–H and O–H groups in total. The number of anilines is 1. The van der Waals surface area contributed by atoms with Gasteiger partial charge in [-0.2, -0.15) is 0 Å². The van der Waals surface area contributed by atoms with Crippen LogP contribution in [0.4, 0.5) is 5.69 Å². The van der Waals surface area contributed by atoms with Crippen molar-refractivity contribution in [2.24, 2.45) is 0 Å². The Bertz CT molecular complexity index is 537.